The third-order valence-corrected chi connectivity index (χ3v) is 4.83. The maximum Gasteiger partial charge on any atom is 0.321 e. The molecule has 0 radical (unpaired) electrons. The molecule has 0 aliphatic heterocycles. The van der Waals surface area contributed by atoms with E-state index < -0.39 is 111 Å². The Bertz CT molecular complexity index is 762. The van der Waals surface area contributed by atoms with Crippen LogP contribution in [0.2, 0.25) is 0 Å². The number of aliphatic carboxylic acids is 8. The minimum atomic E-state index is -2.20. The Morgan fingerprint density at radius 2 is 0.556 bits per heavy atom. The van der Waals surface area contributed by atoms with Crippen molar-refractivity contribution in [2.75, 3.05) is 13.1 Å². The first-order valence-corrected chi connectivity index (χ1v) is 9.79. The van der Waals surface area contributed by atoms with Gasteiger partial charge in [0.05, 0.1) is 25.7 Å². The van der Waals surface area contributed by atoms with Gasteiger partial charge in [0.1, 0.15) is 24.2 Å². The quantitative estimate of drug-likeness (QED) is 0.0851. The van der Waals surface area contributed by atoms with Crippen molar-refractivity contribution < 1.29 is 79.2 Å². The maximum atomic E-state index is 11.7. The van der Waals surface area contributed by atoms with Crippen LogP contribution in [0, 0.1) is 0 Å². The lowest BCUT2D eigenvalue weighted by Crippen LogP contribution is -2.58. The third kappa shape index (κ3) is 10.3. The van der Waals surface area contributed by atoms with Crippen LogP contribution < -0.4 is 0 Å². The lowest BCUT2D eigenvalue weighted by Gasteiger charge is -2.37. The van der Waals surface area contributed by atoms with Crippen molar-refractivity contribution in [2.24, 2.45) is 0 Å². The van der Waals surface area contributed by atoms with E-state index in [9.17, 15) is 58.8 Å². The molecular formula is C18H24N2O16. The summed E-state index contributed by atoms with van der Waals surface area (Å²) in [7, 11) is 0. The predicted molar refractivity (Wildman–Crippen MR) is 108 cm³/mol. The van der Waals surface area contributed by atoms with Crippen LogP contribution >= 0.6 is 0 Å². The molecule has 18 nitrogen and oxygen atoms in total. The van der Waals surface area contributed by atoms with Crippen LogP contribution in [0.5, 0.6) is 0 Å². The molecule has 0 aliphatic carbocycles. The number of carboxylic acids is 8. The molecule has 0 heterocycles. The molecule has 0 rings (SSSR count). The highest BCUT2D eigenvalue weighted by Crippen LogP contribution is 2.19. The molecule has 0 saturated carbocycles. The summed E-state index contributed by atoms with van der Waals surface area (Å²) in [5.74, 6) is -14.6. The van der Waals surface area contributed by atoms with Gasteiger partial charge in [-0.3, -0.25) is 48.2 Å². The van der Waals surface area contributed by atoms with Gasteiger partial charge in [-0.05, 0) is 0 Å². The van der Waals surface area contributed by atoms with Gasteiger partial charge in [0.15, 0.2) is 0 Å². The molecule has 0 spiro atoms. The van der Waals surface area contributed by atoms with E-state index in [4.69, 9.17) is 20.4 Å². The smallest absolute Gasteiger partial charge is 0.321 e. The molecule has 0 bridgehead atoms. The Kier molecular flexibility index (Phi) is 12.5. The highest BCUT2D eigenvalue weighted by molar-refractivity contribution is 5.85. The van der Waals surface area contributed by atoms with Crippen molar-refractivity contribution in [3.8, 4) is 0 Å². The van der Waals surface area contributed by atoms with Crippen molar-refractivity contribution in [1.29, 1.82) is 0 Å². The van der Waals surface area contributed by atoms with Gasteiger partial charge in [-0.25, -0.2) is 0 Å². The molecule has 36 heavy (non-hydrogen) atoms. The molecule has 0 amide bonds. The summed E-state index contributed by atoms with van der Waals surface area (Å²) in [5, 5.41) is 73.9. The summed E-state index contributed by atoms with van der Waals surface area (Å²) < 4.78 is 0. The second kappa shape index (κ2) is 14.2. The van der Waals surface area contributed by atoms with Crippen LogP contribution in [0.1, 0.15) is 25.7 Å². The molecule has 0 aromatic rings. The molecule has 4 unspecified atom stereocenters. The number of hydrogen-bond acceptors (Lipinski definition) is 10. The van der Waals surface area contributed by atoms with Crippen molar-refractivity contribution in [2.45, 2.75) is 49.9 Å². The molecule has 0 aromatic carbocycles. The second-order valence-corrected chi connectivity index (χ2v) is 7.28. The van der Waals surface area contributed by atoms with Gasteiger partial charge in [-0.2, -0.15) is 0 Å². The molecule has 18 heteroatoms. The summed E-state index contributed by atoms with van der Waals surface area (Å²) in [6, 6.07) is -8.80. The Labute approximate surface area is 200 Å². The molecule has 0 fully saturated rings. The van der Waals surface area contributed by atoms with E-state index in [1.54, 1.807) is 0 Å². The Balaban J connectivity index is 6.67. The summed E-state index contributed by atoms with van der Waals surface area (Å²) in [6.07, 6.45) is -5.02. The molecule has 4 atom stereocenters. The van der Waals surface area contributed by atoms with Crippen molar-refractivity contribution >= 4 is 47.8 Å². The zero-order valence-corrected chi connectivity index (χ0v) is 18.3. The minimum Gasteiger partial charge on any atom is -0.481 e. The summed E-state index contributed by atoms with van der Waals surface area (Å²) in [4.78, 5) is 92.2. The van der Waals surface area contributed by atoms with Crippen molar-refractivity contribution in [3.63, 3.8) is 0 Å². The van der Waals surface area contributed by atoms with Gasteiger partial charge in [-0.1, -0.05) is 0 Å². The van der Waals surface area contributed by atoms with Crippen molar-refractivity contribution in [3.05, 3.63) is 0 Å². The second-order valence-electron chi connectivity index (χ2n) is 7.28. The van der Waals surface area contributed by atoms with E-state index in [2.05, 4.69) is 0 Å². The summed E-state index contributed by atoms with van der Waals surface area (Å²) in [5.41, 5.74) is 0. The normalized spacial score (nSPS) is 14.4. The fraction of sp³-hybridized carbons (Fsp3) is 0.556. The van der Waals surface area contributed by atoms with Crippen LogP contribution in [-0.4, -0.2) is 136 Å². The number of nitrogens with zero attached hydrogens (tertiary/aromatic N) is 2. The van der Waals surface area contributed by atoms with E-state index in [1.807, 2.05) is 0 Å². The monoisotopic (exact) mass is 524 g/mol. The Morgan fingerprint density at radius 3 is 0.667 bits per heavy atom. The van der Waals surface area contributed by atoms with Crippen LogP contribution in [0.15, 0.2) is 0 Å². The molecule has 0 aliphatic rings. The fourth-order valence-electron chi connectivity index (χ4n) is 3.34. The fourth-order valence-corrected chi connectivity index (χ4v) is 3.34. The first-order chi connectivity index (χ1) is 16.5. The van der Waals surface area contributed by atoms with Crippen LogP contribution in [0.25, 0.3) is 0 Å². The average Bonchev–Trinajstić information content (AvgIpc) is 2.70. The largest absolute Gasteiger partial charge is 0.481 e. The first kappa shape index (κ1) is 31.7. The highest BCUT2D eigenvalue weighted by Gasteiger charge is 2.42. The highest BCUT2D eigenvalue weighted by atomic mass is 16.4. The number of hydrogen-bond donors (Lipinski definition) is 8. The van der Waals surface area contributed by atoms with Crippen molar-refractivity contribution in [1.82, 2.24) is 9.80 Å². The third-order valence-electron chi connectivity index (χ3n) is 4.83. The van der Waals surface area contributed by atoms with Gasteiger partial charge in [-0.15, -0.1) is 0 Å². The topological polar surface area (TPSA) is 305 Å². The zero-order chi connectivity index (χ0) is 28.3. The number of carbonyl (C=O) groups is 8. The van der Waals surface area contributed by atoms with Gasteiger partial charge in [0.25, 0.3) is 0 Å². The predicted octanol–water partition coefficient (Wildman–Crippen LogP) is -2.70. The molecule has 0 saturated heterocycles. The molecule has 0 aromatic heterocycles. The SMILES string of the molecule is O=C(O)CC(C(=O)O)N(CCN(C(CC(=O)O)C(=O)O)C(CC(=O)O)C(=O)O)C(CC(=O)O)C(=O)O. The Hall–Kier alpha value is -4.32. The van der Waals surface area contributed by atoms with Crippen LogP contribution in [0.3, 0.4) is 0 Å². The number of rotatable bonds is 19. The van der Waals surface area contributed by atoms with E-state index in [-0.39, 0.29) is 0 Å². The molecular weight excluding hydrogens is 500 g/mol. The average molecular weight is 524 g/mol. The summed E-state index contributed by atoms with van der Waals surface area (Å²) in [6.45, 7) is -2.00. The standard InChI is InChI=1S/C18H24N2O16/c21-11(22)3-7(15(29)30)19(8(16(31)32)4-12(23)24)1-2-20(9(17(33)34)5-13(25)26)10(18(35)36)6-14(27)28/h7-10H,1-6H2,(H,21,22)(H,23,24)(H,25,26)(H,27,28)(H,29,30)(H,31,32)(H,33,34)(H,35,36). The van der Waals surface area contributed by atoms with Crippen LogP contribution in [-0.2, 0) is 38.4 Å². The molecule has 8 N–H and O–H groups in total. The summed E-state index contributed by atoms with van der Waals surface area (Å²) >= 11 is 0. The zero-order valence-electron chi connectivity index (χ0n) is 18.3. The first-order valence-electron chi connectivity index (χ1n) is 9.79. The van der Waals surface area contributed by atoms with Gasteiger partial charge < -0.3 is 40.9 Å². The van der Waals surface area contributed by atoms with E-state index >= 15 is 0 Å². The lowest BCUT2D eigenvalue weighted by atomic mass is 10.0. The molecule has 202 valence electrons. The minimum absolute atomic E-state index is 0.360. The van der Waals surface area contributed by atoms with E-state index in [0.29, 0.717) is 9.80 Å². The number of carboxylic acid groups (broad SMARTS) is 8. The lowest BCUT2D eigenvalue weighted by molar-refractivity contribution is -0.161. The van der Waals surface area contributed by atoms with Gasteiger partial charge >= 0.3 is 47.8 Å². The van der Waals surface area contributed by atoms with E-state index in [1.165, 1.54) is 0 Å². The Morgan fingerprint density at radius 1 is 0.389 bits per heavy atom. The van der Waals surface area contributed by atoms with Crippen LogP contribution in [0.4, 0.5) is 0 Å². The van der Waals surface area contributed by atoms with E-state index in [0.717, 1.165) is 0 Å². The maximum absolute atomic E-state index is 11.7. The van der Waals surface area contributed by atoms with Gasteiger partial charge in [0, 0.05) is 13.1 Å². The van der Waals surface area contributed by atoms with Gasteiger partial charge in [0.2, 0.25) is 0 Å².